The molecule has 0 spiro atoms. The van der Waals surface area contributed by atoms with E-state index in [1.807, 2.05) is 0 Å². The summed E-state index contributed by atoms with van der Waals surface area (Å²) in [7, 11) is -0.785. The van der Waals surface area contributed by atoms with Gasteiger partial charge in [-0.15, -0.1) is 0 Å². The van der Waals surface area contributed by atoms with Crippen molar-refractivity contribution in [3.8, 4) is 0 Å². The summed E-state index contributed by atoms with van der Waals surface area (Å²) >= 11 is 0. The van der Waals surface area contributed by atoms with E-state index >= 15 is 0 Å². The van der Waals surface area contributed by atoms with Gasteiger partial charge in [0.1, 0.15) is 8.96 Å². The highest BCUT2D eigenvalue weighted by atomic mass is 28.3. The van der Waals surface area contributed by atoms with Gasteiger partial charge in [0.25, 0.3) is 0 Å². The van der Waals surface area contributed by atoms with Crippen molar-refractivity contribution >= 4 is 8.96 Å². The van der Waals surface area contributed by atoms with E-state index in [0.717, 1.165) is 5.54 Å². The lowest BCUT2D eigenvalue weighted by Crippen LogP contribution is -2.26. The van der Waals surface area contributed by atoms with E-state index in [1.165, 1.54) is 12.8 Å². The topological polar surface area (TPSA) is 26.0 Å². The highest BCUT2D eigenvalue weighted by Gasteiger charge is 2.08. The van der Waals surface area contributed by atoms with Gasteiger partial charge in [0, 0.05) is 0 Å². The fraction of sp³-hybridized carbons (Fsp3) is 1.00. The summed E-state index contributed by atoms with van der Waals surface area (Å²) in [5.74, 6) is 0. The molecule has 0 fully saturated rings. The fourth-order valence-electron chi connectivity index (χ4n) is 1.03. The smallest absolute Gasteiger partial charge is 0.106 e. The molecular formula is C6H17NSi. The van der Waals surface area contributed by atoms with Crippen LogP contribution in [0.4, 0.5) is 0 Å². The first-order valence-electron chi connectivity index (χ1n) is 3.47. The molecule has 0 aliphatic rings. The van der Waals surface area contributed by atoms with Crippen LogP contribution in [0.2, 0.25) is 12.1 Å². The number of nitrogens with two attached hydrogens (primary N) is 1. The molecule has 0 saturated carbocycles. The van der Waals surface area contributed by atoms with E-state index in [1.54, 1.807) is 0 Å². The molecule has 1 unspecified atom stereocenters. The third kappa shape index (κ3) is 2.48. The van der Waals surface area contributed by atoms with Crippen LogP contribution in [0.3, 0.4) is 0 Å². The summed E-state index contributed by atoms with van der Waals surface area (Å²) in [5.41, 5.74) is 0.870. The van der Waals surface area contributed by atoms with Gasteiger partial charge >= 0.3 is 0 Å². The summed E-state index contributed by atoms with van der Waals surface area (Å²) in [6.45, 7) is 6.67. The molecular weight excluding hydrogens is 114 g/mol. The average molecular weight is 131 g/mol. The lowest BCUT2D eigenvalue weighted by Gasteiger charge is -2.13. The Kier molecular flexibility index (Phi) is 4.19. The molecule has 1 atom stereocenters. The van der Waals surface area contributed by atoms with Gasteiger partial charge in [-0.05, 0) is 5.54 Å². The third-order valence-corrected chi connectivity index (χ3v) is 4.22. The largest absolute Gasteiger partial charge is 0.353 e. The predicted octanol–water partition coefficient (Wildman–Crippen LogP) is 1.49. The maximum Gasteiger partial charge on any atom is 0.106 e. The Morgan fingerprint density at radius 1 is 1.38 bits per heavy atom. The van der Waals surface area contributed by atoms with Gasteiger partial charge in [0.05, 0.1) is 0 Å². The van der Waals surface area contributed by atoms with E-state index < -0.39 is 8.96 Å². The standard InChI is InChI=1S/C6H17NSi/c1-4-6(5-2)8(3)7/h6,8H,4-5,7H2,1-3H3. The highest BCUT2D eigenvalue weighted by Crippen LogP contribution is 2.15. The molecule has 2 heteroatoms. The second-order valence-electron chi connectivity index (χ2n) is 2.44. The predicted molar refractivity (Wildman–Crippen MR) is 41.5 cm³/mol. The second-order valence-corrected chi connectivity index (χ2v) is 5.10. The molecule has 0 aromatic rings. The van der Waals surface area contributed by atoms with Crippen molar-refractivity contribution in [2.24, 2.45) is 5.40 Å². The van der Waals surface area contributed by atoms with Crippen LogP contribution in [-0.2, 0) is 0 Å². The van der Waals surface area contributed by atoms with Crippen molar-refractivity contribution in [1.29, 1.82) is 0 Å². The number of hydrogen-bond acceptors (Lipinski definition) is 1. The maximum atomic E-state index is 5.80. The third-order valence-electron chi connectivity index (χ3n) is 1.79. The minimum Gasteiger partial charge on any atom is -0.353 e. The molecule has 2 N–H and O–H groups in total. The molecule has 0 radical (unpaired) electrons. The van der Waals surface area contributed by atoms with E-state index in [9.17, 15) is 0 Å². The molecule has 0 aromatic heterocycles. The fourth-order valence-corrected chi connectivity index (χ4v) is 2.52. The molecule has 0 rings (SSSR count). The monoisotopic (exact) mass is 131 g/mol. The molecule has 50 valence electrons. The van der Waals surface area contributed by atoms with Crippen LogP contribution < -0.4 is 5.40 Å². The van der Waals surface area contributed by atoms with E-state index in [0.29, 0.717) is 0 Å². The van der Waals surface area contributed by atoms with Crippen LogP contribution >= 0.6 is 0 Å². The number of rotatable bonds is 3. The zero-order valence-electron chi connectivity index (χ0n) is 6.15. The minimum absolute atomic E-state index is 0.785. The molecule has 1 nitrogen and oxygen atoms in total. The molecule has 8 heavy (non-hydrogen) atoms. The minimum atomic E-state index is -0.785. The normalized spacial score (nSPS) is 14.6. The zero-order valence-corrected chi connectivity index (χ0v) is 7.30. The lowest BCUT2D eigenvalue weighted by molar-refractivity contribution is 0.748. The second kappa shape index (κ2) is 4.10. The Hall–Kier alpha value is 0.177. The molecule has 0 aliphatic carbocycles. The lowest BCUT2D eigenvalue weighted by atomic mass is 10.3. The molecule has 0 aromatic carbocycles. The first-order valence-corrected chi connectivity index (χ1v) is 5.96. The van der Waals surface area contributed by atoms with Crippen molar-refractivity contribution in [2.45, 2.75) is 38.8 Å². The molecule has 0 heterocycles. The maximum absolute atomic E-state index is 5.80. The zero-order chi connectivity index (χ0) is 6.57. The van der Waals surface area contributed by atoms with Crippen LogP contribution in [-0.4, -0.2) is 8.96 Å². The Balaban J connectivity index is 3.35. The summed E-state index contributed by atoms with van der Waals surface area (Å²) in [6, 6.07) is 0. The Morgan fingerprint density at radius 3 is 1.75 bits per heavy atom. The van der Waals surface area contributed by atoms with Gasteiger partial charge in [-0.3, -0.25) is 0 Å². The summed E-state index contributed by atoms with van der Waals surface area (Å²) in [4.78, 5) is 0. The van der Waals surface area contributed by atoms with Crippen molar-refractivity contribution in [3.05, 3.63) is 0 Å². The quantitative estimate of drug-likeness (QED) is 0.577. The van der Waals surface area contributed by atoms with Gasteiger partial charge < -0.3 is 5.40 Å². The SMILES string of the molecule is CCC(CC)[SiH](C)N. The van der Waals surface area contributed by atoms with Crippen LogP contribution in [0.15, 0.2) is 0 Å². The van der Waals surface area contributed by atoms with E-state index in [4.69, 9.17) is 5.40 Å². The van der Waals surface area contributed by atoms with Crippen LogP contribution in [0.25, 0.3) is 0 Å². The first kappa shape index (κ1) is 8.18. The molecule has 0 aliphatic heterocycles. The van der Waals surface area contributed by atoms with Crippen LogP contribution in [0.1, 0.15) is 26.7 Å². The van der Waals surface area contributed by atoms with Crippen LogP contribution in [0, 0.1) is 0 Å². The first-order chi connectivity index (χ1) is 3.72. The summed E-state index contributed by atoms with van der Waals surface area (Å²) in [5, 5.41) is 5.80. The average Bonchev–Trinajstić information content (AvgIpc) is 1.69. The van der Waals surface area contributed by atoms with Crippen molar-refractivity contribution in [1.82, 2.24) is 0 Å². The van der Waals surface area contributed by atoms with Crippen molar-refractivity contribution in [3.63, 3.8) is 0 Å². The molecule has 0 amide bonds. The Morgan fingerprint density at radius 2 is 1.75 bits per heavy atom. The number of hydrogen-bond donors (Lipinski definition) is 1. The van der Waals surface area contributed by atoms with Gasteiger partial charge in [-0.2, -0.15) is 0 Å². The molecule has 0 bridgehead atoms. The molecule has 0 saturated heterocycles. The summed E-state index contributed by atoms with van der Waals surface area (Å²) < 4.78 is 0. The van der Waals surface area contributed by atoms with Crippen molar-refractivity contribution < 1.29 is 0 Å². The van der Waals surface area contributed by atoms with Gasteiger partial charge in [-0.1, -0.05) is 33.2 Å². The highest BCUT2D eigenvalue weighted by molar-refractivity contribution is 6.55. The van der Waals surface area contributed by atoms with E-state index in [2.05, 4.69) is 20.4 Å². The van der Waals surface area contributed by atoms with Crippen LogP contribution in [0.5, 0.6) is 0 Å². The van der Waals surface area contributed by atoms with Gasteiger partial charge in [0.2, 0.25) is 0 Å². The van der Waals surface area contributed by atoms with E-state index in [-0.39, 0.29) is 0 Å². The summed E-state index contributed by atoms with van der Waals surface area (Å²) in [6.07, 6.45) is 2.56. The Bertz CT molecular complexity index is 50.5. The van der Waals surface area contributed by atoms with Gasteiger partial charge in [0.15, 0.2) is 0 Å². The van der Waals surface area contributed by atoms with Gasteiger partial charge in [-0.25, -0.2) is 0 Å². The van der Waals surface area contributed by atoms with Crippen molar-refractivity contribution in [2.75, 3.05) is 0 Å². The Labute approximate surface area is 54.0 Å².